The van der Waals surface area contributed by atoms with Gasteiger partial charge in [0.15, 0.2) is 0 Å². The average molecular weight is 327 g/mol. The summed E-state index contributed by atoms with van der Waals surface area (Å²) in [6.07, 6.45) is 0.843. The number of non-ortho nitro benzene ring substituents is 1. The highest BCUT2D eigenvalue weighted by Crippen LogP contribution is 2.30. The zero-order valence-electron chi connectivity index (χ0n) is 11.0. The van der Waals surface area contributed by atoms with Crippen molar-refractivity contribution in [2.75, 3.05) is 18.8 Å². The van der Waals surface area contributed by atoms with Crippen molar-refractivity contribution in [1.29, 1.82) is 0 Å². The number of nitro groups is 1. The minimum Gasteiger partial charge on any atom is -0.316 e. The molecule has 1 aromatic carbocycles. The Bertz CT molecular complexity index is 794. The van der Waals surface area contributed by atoms with Gasteiger partial charge in [0.1, 0.15) is 0 Å². The lowest BCUT2D eigenvalue weighted by Crippen LogP contribution is -2.18. The number of thiazole rings is 1. The molecular weight excluding hydrogens is 314 g/mol. The minimum atomic E-state index is -3.44. The molecule has 1 aromatic heterocycles. The molecule has 1 aliphatic heterocycles. The van der Waals surface area contributed by atoms with Crippen molar-refractivity contribution >= 4 is 37.1 Å². The number of benzene rings is 1. The summed E-state index contributed by atoms with van der Waals surface area (Å²) in [5, 5.41) is 13.9. The van der Waals surface area contributed by atoms with Gasteiger partial charge in [-0.15, -0.1) is 11.3 Å². The Hall–Kier alpha value is -1.58. The summed E-state index contributed by atoms with van der Waals surface area (Å²) in [6, 6.07) is 4.21. The predicted molar refractivity (Wildman–Crippen MR) is 79.3 cm³/mol. The highest BCUT2D eigenvalue weighted by molar-refractivity contribution is 7.93. The SMILES string of the molecule is O=[N+]([O-])c1ccc2sc(S(=O)(=O)C[C@H]3CCNC3)nc2c1. The normalized spacial score (nSPS) is 19.1. The molecule has 2 aromatic rings. The molecular formula is C12H13N3O4S2. The molecule has 1 saturated heterocycles. The van der Waals surface area contributed by atoms with Gasteiger partial charge in [-0.1, -0.05) is 0 Å². The van der Waals surface area contributed by atoms with Crippen molar-refractivity contribution in [2.24, 2.45) is 5.92 Å². The maximum atomic E-state index is 12.4. The van der Waals surface area contributed by atoms with Gasteiger partial charge in [-0.3, -0.25) is 10.1 Å². The van der Waals surface area contributed by atoms with Gasteiger partial charge in [-0.25, -0.2) is 13.4 Å². The van der Waals surface area contributed by atoms with E-state index in [-0.39, 0.29) is 21.7 Å². The first-order valence-corrected chi connectivity index (χ1v) is 8.91. The molecule has 0 saturated carbocycles. The molecule has 0 unspecified atom stereocenters. The van der Waals surface area contributed by atoms with E-state index in [1.807, 2.05) is 0 Å². The summed E-state index contributed by atoms with van der Waals surface area (Å²) in [5.41, 5.74) is 0.272. The lowest BCUT2D eigenvalue weighted by Gasteiger charge is -2.06. The fourth-order valence-corrected chi connectivity index (χ4v) is 5.32. The second-order valence-corrected chi connectivity index (χ2v) is 8.27. The van der Waals surface area contributed by atoms with Crippen LogP contribution in [0, 0.1) is 16.0 Å². The van der Waals surface area contributed by atoms with Crippen LogP contribution < -0.4 is 5.32 Å². The van der Waals surface area contributed by atoms with Gasteiger partial charge >= 0.3 is 0 Å². The van der Waals surface area contributed by atoms with E-state index in [1.54, 1.807) is 6.07 Å². The van der Waals surface area contributed by atoms with Crippen molar-refractivity contribution in [3.8, 4) is 0 Å². The van der Waals surface area contributed by atoms with Gasteiger partial charge in [-0.05, 0) is 31.5 Å². The standard InChI is InChI=1S/C12H13N3O4S2/c16-15(17)9-1-2-11-10(5-9)14-12(20-11)21(18,19)7-8-3-4-13-6-8/h1-2,5,8,13H,3-4,6-7H2/t8-/m0/s1. The number of hydrogen-bond donors (Lipinski definition) is 1. The van der Waals surface area contributed by atoms with Gasteiger partial charge in [0, 0.05) is 12.1 Å². The molecule has 1 atom stereocenters. The number of sulfone groups is 1. The van der Waals surface area contributed by atoms with Crippen LogP contribution in [0.1, 0.15) is 6.42 Å². The first-order chi connectivity index (χ1) is 9.95. The summed E-state index contributed by atoms with van der Waals surface area (Å²) in [7, 11) is -3.44. The van der Waals surface area contributed by atoms with Crippen molar-refractivity contribution < 1.29 is 13.3 Å². The summed E-state index contributed by atoms with van der Waals surface area (Å²) in [4.78, 5) is 14.3. The highest BCUT2D eigenvalue weighted by atomic mass is 32.2. The second-order valence-electron chi connectivity index (χ2n) is 5.03. The lowest BCUT2D eigenvalue weighted by atomic mass is 10.2. The lowest BCUT2D eigenvalue weighted by molar-refractivity contribution is -0.384. The quantitative estimate of drug-likeness (QED) is 0.676. The largest absolute Gasteiger partial charge is 0.316 e. The zero-order chi connectivity index (χ0) is 15.0. The third-order valence-corrected chi connectivity index (χ3v) is 6.82. The maximum Gasteiger partial charge on any atom is 0.271 e. The van der Waals surface area contributed by atoms with Crippen molar-refractivity contribution in [3.63, 3.8) is 0 Å². The Kier molecular flexibility index (Phi) is 3.64. The molecule has 0 bridgehead atoms. The van der Waals surface area contributed by atoms with E-state index in [2.05, 4.69) is 10.3 Å². The van der Waals surface area contributed by atoms with Crippen LogP contribution in [-0.2, 0) is 9.84 Å². The van der Waals surface area contributed by atoms with Crippen LogP contribution in [0.4, 0.5) is 5.69 Å². The first kappa shape index (κ1) is 14.4. The highest BCUT2D eigenvalue weighted by Gasteiger charge is 2.27. The smallest absolute Gasteiger partial charge is 0.271 e. The molecule has 3 rings (SSSR count). The Morgan fingerprint density at radius 3 is 2.95 bits per heavy atom. The van der Waals surface area contributed by atoms with Crippen LogP contribution >= 0.6 is 11.3 Å². The second kappa shape index (κ2) is 5.32. The van der Waals surface area contributed by atoms with E-state index >= 15 is 0 Å². The van der Waals surface area contributed by atoms with Crippen LogP contribution in [0.2, 0.25) is 0 Å². The Morgan fingerprint density at radius 1 is 1.48 bits per heavy atom. The first-order valence-electron chi connectivity index (χ1n) is 6.44. The molecule has 1 aliphatic rings. The van der Waals surface area contributed by atoms with Crippen LogP contribution in [-0.4, -0.2) is 37.2 Å². The Morgan fingerprint density at radius 2 is 2.29 bits per heavy atom. The van der Waals surface area contributed by atoms with E-state index in [4.69, 9.17) is 0 Å². The van der Waals surface area contributed by atoms with Crippen molar-refractivity contribution in [3.05, 3.63) is 28.3 Å². The van der Waals surface area contributed by atoms with Gasteiger partial charge < -0.3 is 5.32 Å². The van der Waals surface area contributed by atoms with Crippen molar-refractivity contribution in [2.45, 2.75) is 10.8 Å². The Labute approximate surface area is 125 Å². The van der Waals surface area contributed by atoms with E-state index in [0.717, 1.165) is 24.3 Å². The molecule has 0 radical (unpaired) electrons. The molecule has 0 aliphatic carbocycles. The number of nitrogens with one attached hydrogen (secondary N) is 1. The third kappa shape index (κ3) is 2.89. The van der Waals surface area contributed by atoms with E-state index in [0.29, 0.717) is 16.8 Å². The summed E-state index contributed by atoms with van der Waals surface area (Å²) in [5.74, 6) is 0.179. The molecule has 112 valence electrons. The van der Waals surface area contributed by atoms with Crippen LogP contribution in [0.25, 0.3) is 10.2 Å². The van der Waals surface area contributed by atoms with Crippen LogP contribution in [0.5, 0.6) is 0 Å². The topological polar surface area (TPSA) is 102 Å². The van der Waals surface area contributed by atoms with Gasteiger partial charge in [0.05, 0.1) is 20.9 Å². The molecule has 1 fully saturated rings. The van der Waals surface area contributed by atoms with Gasteiger partial charge in [-0.2, -0.15) is 0 Å². The van der Waals surface area contributed by atoms with Crippen molar-refractivity contribution in [1.82, 2.24) is 10.3 Å². The molecule has 1 N–H and O–H groups in total. The van der Waals surface area contributed by atoms with Crippen LogP contribution in [0.3, 0.4) is 0 Å². The fraction of sp³-hybridized carbons (Fsp3) is 0.417. The molecule has 7 nitrogen and oxygen atoms in total. The summed E-state index contributed by atoms with van der Waals surface area (Å²) < 4.78 is 25.4. The van der Waals surface area contributed by atoms with E-state index in [9.17, 15) is 18.5 Å². The number of nitro benzene ring substituents is 1. The molecule has 9 heteroatoms. The number of hydrogen-bond acceptors (Lipinski definition) is 7. The van der Waals surface area contributed by atoms with Gasteiger partial charge in [0.25, 0.3) is 5.69 Å². The number of aromatic nitrogens is 1. The zero-order valence-corrected chi connectivity index (χ0v) is 12.6. The monoisotopic (exact) mass is 327 g/mol. The Balaban J connectivity index is 1.94. The maximum absolute atomic E-state index is 12.4. The predicted octanol–water partition coefficient (Wildman–Crippen LogP) is 1.59. The van der Waals surface area contributed by atoms with E-state index < -0.39 is 14.8 Å². The summed E-state index contributed by atoms with van der Waals surface area (Å²) >= 11 is 1.07. The molecule has 0 spiro atoms. The average Bonchev–Trinajstić information content (AvgIpc) is 3.05. The van der Waals surface area contributed by atoms with Gasteiger partial charge in [0.2, 0.25) is 14.2 Å². The van der Waals surface area contributed by atoms with Crippen LogP contribution in [0.15, 0.2) is 22.5 Å². The minimum absolute atomic E-state index is 0.0462. The van der Waals surface area contributed by atoms with E-state index in [1.165, 1.54) is 12.1 Å². The third-order valence-electron chi connectivity index (χ3n) is 3.45. The number of fused-ring (bicyclic) bond motifs is 1. The molecule has 2 heterocycles. The molecule has 0 amide bonds. The molecule has 21 heavy (non-hydrogen) atoms. The number of nitrogens with zero attached hydrogens (tertiary/aromatic N) is 2. The fourth-order valence-electron chi connectivity index (χ4n) is 2.38. The summed E-state index contributed by atoms with van der Waals surface area (Å²) in [6.45, 7) is 1.54. The number of rotatable bonds is 4.